The SMILES string of the molecule is CC[C@@H](NC)c1cccnc1. The van der Waals surface area contributed by atoms with Crippen molar-refractivity contribution in [3.63, 3.8) is 0 Å². The summed E-state index contributed by atoms with van der Waals surface area (Å²) in [6.45, 7) is 2.16. The van der Waals surface area contributed by atoms with Crippen LogP contribution in [0.4, 0.5) is 0 Å². The van der Waals surface area contributed by atoms with Crippen molar-refractivity contribution in [2.24, 2.45) is 0 Å². The fraction of sp³-hybridized carbons (Fsp3) is 0.444. The Morgan fingerprint density at radius 3 is 2.91 bits per heavy atom. The second-order valence-corrected chi connectivity index (χ2v) is 2.54. The molecule has 0 radical (unpaired) electrons. The van der Waals surface area contributed by atoms with Gasteiger partial charge in [0, 0.05) is 18.4 Å². The van der Waals surface area contributed by atoms with Crippen LogP contribution in [0, 0.1) is 0 Å². The zero-order valence-electron chi connectivity index (χ0n) is 7.04. The van der Waals surface area contributed by atoms with Gasteiger partial charge >= 0.3 is 0 Å². The average molecular weight is 150 g/mol. The summed E-state index contributed by atoms with van der Waals surface area (Å²) >= 11 is 0. The predicted molar refractivity (Wildman–Crippen MR) is 46.3 cm³/mol. The van der Waals surface area contributed by atoms with E-state index in [1.54, 1.807) is 6.20 Å². The fourth-order valence-corrected chi connectivity index (χ4v) is 1.19. The molecule has 1 N–H and O–H groups in total. The van der Waals surface area contributed by atoms with Crippen LogP contribution in [0.5, 0.6) is 0 Å². The predicted octanol–water partition coefficient (Wildman–Crippen LogP) is 1.75. The Hall–Kier alpha value is -0.890. The molecule has 0 unspecified atom stereocenters. The molecular weight excluding hydrogens is 136 g/mol. The molecule has 0 fully saturated rings. The maximum absolute atomic E-state index is 4.06. The fourth-order valence-electron chi connectivity index (χ4n) is 1.19. The van der Waals surface area contributed by atoms with E-state index >= 15 is 0 Å². The summed E-state index contributed by atoms with van der Waals surface area (Å²) in [6.07, 6.45) is 4.80. The molecule has 2 nitrogen and oxygen atoms in total. The zero-order chi connectivity index (χ0) is 8.10. The highest BCUT2D eigenvalue weighted by Gasteiger charge is 2.03. The first-order chi connectivity index (χ1) is 5.38. The lowest BCUT2D eigenvalue weighted by atomic mass is 10.1. The van der Waals surface area contributed by atoms with Crippen molar-refractivity contribution >= 4 is 0 Å². The van der Waals surface area contributed by atoms with Crippen LogP contribution in [0.1, 0.15) is 24.9 Å². The molecule has 0 amide bonds. The van der Waals surface area contributed by atoms with E-state index in [1.807, 2.05) is 19.3 Å². The van der Waals surface area contributed by atoms with Crippen molar-refractivity contribution in [2.45, 2.75) is 19.4 Å². The van der Waals surface area contributed by atoms with E-state index in [1.165, 1.54) is 5.56 Å². The Kier molecular flexibility index (Phi) is 3.05. The van der Waals surface area contributed by atoms with Crippen LogP contribution < -0.4 is 5.32 Å². The number of rotatable bonds is 3. The van der Waals surface area contributed by atoms with Crippen LogP contribution in [-0.4, -0.2) is 12.0 Å². The Labute approximate surface area is 67.7 Å². The third-order valence-electron chi connectivity index (χ3n) is 1.84. The molecule has 1 aromatic rings. The zero-order valence-corrected chi connectivity index (χ0v) is 7.04. The lowest BCUT2D eigenvalue weighted by molar-refractivity contribution is 0.575. The quantitative estimate of drug-likeness (QED) is 0.710. The first-order valence-electron chi connectivity index (χ1n) is 3.95. The lowest BCUT2D eigenvalue weighted by Gasteiger charge is -2.12. The summed E-state index contributed by atoms with van der Waals surface area (Å²) in [7, 11) is 1.97. The van der Waals surface area contributed by atoms with Crippen molar-refractivity contribution in [1.29, 1.82) is 0 Å². The largest absolute Gasteiger partial charge is 0.313 e. The highest BCUT2D eigenvalue weighted by Crippen LogP contribution is 2.13. The molecule has 0 saturated carbocycles. The van der Waals surface area contributed by atoms with E-state index in [0.29, 0.717) is 6.04 Å². The van der Waals surface area contributed by atoms with E-state index < -0.39 is 0 Å². The number of hydrogen-bond donors (Lipinski definition) is 1. The van der Waals surface area contributed by atoms with E-state index in [-0.39, 0.29) is 0 Å². The standard InChI is InChI=1S/C9H14N2/c1-3-9(10-2)8-5-4-6-11-7-8/h4-7,9-10H,3H2,1-2H3/t9-/m1/s1. The van der Waals surface area contributed by atoms with Crippen molar-refractivity contribution in [2.75, 3.05) is 7.05 Å². The van der Waals surface area contributed by atoms with Gasteiger partial charge in [-0.15, -0.1) is 0 Å². The van der Waals surface area contributed by atoms with E-state index in [9.17, 15) is 0 Å². The third kappa shape index (κ3) is 2.02. The van der Waals surface area contributed by atoms with Crippen LogP contribution in [0.25, 0.3) is 0 Å². The van der Waals surface area contributed by atoms with Gasteiger partial charge in [-0.25, -0.2) is 0 Å². The van der Waals surface area contributed by atoms with Crippen molar-refractivity contribution in [3.05, 3.63) is 30.1 Å². The molecule has 0 aromatic carbocycles. The van der Waals surface area contributed by atoms with Gasteiger partial charge in [-0.2, -0.15) is 0 Å². The summed E-state index contributed by atoms with van der Waals surface area (Å²) in [5.41, 5.74) is 1.26. The van der Waals surface area contributed by atoms with Gasteiger partial charge in [-0.1, -0.05) is 13.0 Å². The molecule has 0 spiro atoms. The summed E-state index contributed by atoms with van der Waals surface area (Å²) in [5, 5.41) is 3.23. The minimum atomic E-state index is 0.448. The number of aromatic nitrogens is 1. The lowest BCUT2D eigenvalue weighted by Crippen LogP contribution is -2.15. The topological polar surface area (TPSA) is 24.9 Å². The summed E-state index contributed by atoms with van der Waals surface area (Å²) in [4.78, 5) is 4.06. The molecule has 1 rings (SSSR count). The highest BCUT2D eigenvalue weighted by molar-refractivity contribution is 5.13. The maximum Gasteiger partial charge on any atom is 0.0330 e. The molecule has 1 aromatic heterocycles. The number of hydrogen-bond acceptors (Lipinski definition) is 2. The number of nitrogens with one attached hydrogen (secondary N) is 1. The molecular formula is C9H14N2. The van der Waals surface area contributed by atoms with Crippen molar-refractivity contribution in [1.82, 2.24) is 10.3 Å². The molecule has 1 atom stereocenters. The smallest absolute Gasteiger partial charge is 0.0330 e. The van der Waals surface area contributed by atoms with Gasteiger partial charge in [-0.05, 0) is 25.1 Å². The van der Waals surface area contributed by atoms with Gasteiger partial charge in [0.15, 0.2) is 0 Å². The minimum absolute atomic E-state index is 0.448. The molecule has 0 aliphatic heterocycles. The summed E-state index contributed by atoms with van der Waals surface area (Å²) < 4.78 is 0. The molecule has 60 valence electrons. The molecule has 0 aliphatic carbocycles. The van der Waals surface area contributed by atoms with Gasteiger partial charge in [-0.3, -0.25) is 4.98 Å². The van der Waals surface area contributed by atoms with Gasteiger partial charge in [0.2, 0.25) is 0 Å². The van der Waals surface area contributed by atoms with Gasteiger partial charge in [0.1, 0.15) is 0 Å². The van der Waals surface area contributed by atoms with Gasteiger partial charge in [0.05, 0.1) is 0 Å². The molecule has 0 bridgehead atoms. The van der Waals surface area contributed by atoms with Crippen LogP contribution in [-0.2, 0) is 0 Å². The molecule has 0 aliphatic rings. The Morgan fingerprint density at radius 1 is 1.64 bits per heavy atom. The monoisotopic (exact) mass is 150 g/mol. The first-order valence-corrected chi connectivity index (χ1v) is 3.95. The number of nitrogens with zero attached hydrogens (tertiary/aromatic N) is 1. The van der Waals surface area contributed by atoms with E-state index in [4.69, 9.17) is 0 Å². The van der Waals surface area contributed by atoms with Crippen LogP contribution in [0.2, 0.25) is 0 Å². The molecule has 1 heterocycles. The molecule has 2 heteroatoms. The Bertz CT molecular complexity index is 192. The van der Waals surface area contributed by atoms with Crippen molar-refractivity contribution in [3.8, 4) is 0 Å². The second-order valence-electron chi connectivity index (χ2n) is 2.54. The van der Waals surface area contributed by atoms with Gasteiger partial charge < -0.3 is 5.32 Å². The van der Waals surface area contributed by atoms with E-state index in [0.717, 1.165) is 6.42 Å². The molecule has 11 heavy (non-hydrogen) atoms. The Morgan fingerprint density at radius 2 is 2.45 bits per heavy atom. The molecule has 0 saturated heterocycles. The summed E-state index contributed by atoms with van der Waals surface area (Å²) in [6, 6.07) is 4.51. The normalized spacial score (nSPS) is 12.9. The van der Waals surface area contributed by atoms with E-state index in [2.05, 4.69) is 23.3 Å². The Balaban J connectivity index is 2.74. The third-order valence-corrected chi connectivity index (χ3v) is 1.84. The van der Waals surface area contributed by atoms with Crippen LogP contribution >= 0.6 is 0 Å². The highest BCUT2D eigenvalue weighted by atomic mass is 14.9. The van der Waals surface area contributed by atoms with Crippen LogP contribution in [0.15, 0.2) is 24.5 Å². The second kappa shape index (κ2) is 4.09. The van der Waals surface area contributed by atoms with Crippen LogP contribution in [0.3, 0.4) is 0 Å². The number of pyridine rings is 1. The maximum atomic E-state index is 4.06. The van der Waals surface area contributed by atoms with Crippen molar-refractivity contribution < 1.29 is 0 Å². The average Bonchev–Trinajstić information content (AvgIpc) is 2.09. The van der Waals surface area contributed by atoms with Gasteiger partial charge in [0.25, 0.3) is 0 Å². The summed E-state index contributed by atoms with van der Waals surface area (Å²) in [5.74, 6) is 0. The minimum Gasteiger partial charge on any atom is -0.313 e. The first kappa shape index (κ1) is 8.21.